The minimum absolute atomic E-state index is 0.206. The lowest BCUT2D eigenvalue weighted by molar-refractivity contribution is 0.883. The minimum Gasteiger partial charge on any atom is -0.384 e. The molecule has 2 N–H and O–H groups in total. The Balaban J connectivity index is 2.69. The van der Waals surface area contributed by atoms with Crippen LogP contribution in [0.4, 0.5) is 5.82 Å². The number of halogens is 3. The molecule has 0 spiro atoms. The van der Waals surface area contributed by atoms with E-state index in [1.165, 1.54) is 10.7 Å². The highest BCUT2D eigenvalue weighted by Crippen LogP contribution is 2.33. The molecule has 86 valence electrons. The average molecular weight is 332 g/mol. The molecule has 0 fully saturated rings. The molecule has 0 bridgehead atoms. The second-order valence-electron chi connectivity index (χ2n) is 3.20. The highest BCUT2D eigenvalue weighted by atomic mass is 79.9. The zero-order valence-electron chi connectivity index (χ0n) is 8.28. The van der Waals surface area contributed by atoms with Crippen molar-refractivity contribution in [3.63, 3.8) is 0 Å². The van der Waals surface area contributed by atoms with E-state index < -0.39 is 0 Å². The second-order valence-corrected chi connectivity index (χ2v) is 4.93. The average Bonchev–Trinajstić information content (AvgIpc) is 2.59. The van der Waals surface area contributed by atoms with Gasteiger partial charge in [0, 0.05) is 10.5 Å². The molecule has 7 heteroatoms. The number of benzene rings is 1. The summed E-state index contributed by atoms with van der Waals surface area (Å²) in [5.41, 5.74) is 6.41. The molecule has 2 rings (SSSR count). The van der Waals surface area contributed by atoms with Crippen molar-refractivity contribution in [2.24, 2.45) is 0 Å². The molecule has 1 aromatic heterocycles. The number of anilines is 1. The Morgan fingerprint density at radius 2 is 1.88 bits per heavy atom. The zero-order valence-corrected chi connectivity index (χ0v) is 11.4. The summed E-state index contributed by atoms with van der Waals surface area (Å²) in [7, 11) is 0. The molecule has 0 aliphatic heterocycles. The summed E-state index contributed by atoms with van der Waals surface area (Å²) in [4.78, 5) is 0. The highest BCUT2D eigenvalue weighted by molar-refractivity contribution is 9.10. The summed E-state index contributed by atoms with van der Waals surface area (Å²) in [5.74, 6) is 0.299. The van der Waals surface area contributed by atoms with Gasteiger partial charge in [-0.25, -0.2) is 4.68 Å². The number of nitriles is 1. The van der Waals surface area contributed by atoms with E-state index in [1.54, 1.807) is 12.1 Å². The van der Waals surface area contributed by atoms with Crippen LogP contribution in [0.2, 0.25) is 10.0 Å². The Morgan fingerprint density at radius 1 is 1.29 bits per heavy atom. The van der Waals surface area contributed by atoms with Gasteiger partial charge >= 0.3 is 0 Å². The fourth-order valence-electron chi connectivity index (χ4n) is 1.37. The van der Waals surface area contributed by atoms with Gasteiger partial charge < -0.3 is 5.73 Å². The molecule has 17 heavy (non-hydrogen) atoms. The molecule has 0 unspecified atom stereocenters. The van der Waals surface area contributed by atoms with Gasteiger partial charge in [0.05, 0.1) is 10.0 Å². The number of hydrogen-bond donors (Lipinski definition) is 1. The lowest BCUT2D eigenvalue weighted by Gasteiger charge is -2.09. The normalized spacial score (nSPS) is 10.2. The Morgan fingerprint density at radius 3 is 2.35 bits per heavy atom. The van der Waals surface area contributed by atoms with Crippen molar-refractivity contribution in [3.05, 3.63) is 38.4 Å². The number of hydrogen-bond acceptors (Lipinski definition) is 3. The molecule has 0 atom stereocenters. The molecule has 0 amide bonds. The van der Waals surface area contributed by atoms with Gasteiger partial charge in [-0.1, -0.05) is 39.1 Å². The van der Waals surface area contributed by atoms with Crippen molar-refractivity contribution >= 4 is 44.9 Å². The van der Waals surface area contributed by atoms with E-state index in [1.807, 2.05) is 6.07 Å². The Kier molecular flexibility index (Phi) is 3.29. The van der Waals surface area contributed by atoms with Crippen molar-refractivity contribution in [2.45, 2.75) is 0 Å². The van der Waals surface area contributed by atoms with Crippen LogP contribution in [-0.4, -0.2) is 9.78 Å². The van der Waals surface area contributed by atoms with Gasteiger partial charge in [-0.3, -0.25) is 0 Å². The summed E-state index contributed by atoms with van der Waals surface area (Å²) < 4.78 is 2.10. The molecule has 0 saturated carbocycles. The van der Waals surface area contributed by atoms with Crippen LogP contribution in [0.25, 0.3) is 5.69 Å². The van der Waals surface area contributed by atoms with Gasteiger partial charge in [0.1, 0.15) is 17.6 Å². The summed E-state index contributed by atoms with van der Waals surface area (Å²) in [6, 6.07) is 6.71. The number of nitrogens with zero attached hydrogens (tertiary/aromatic N) is 3. The Hall–Kier alpha value is -1.22. The van der Waals surface area contributed by atoms with Gasteiger partial charge in [-0.2, -0.15) is 10.4 Å². The first-order valence-electron chi connectivity index (χ1n) is 4.43. The molecular weight excluding hydrogens is 327 g/mol. The second kappa shape index (κ2) is 4.57. The van der Waals surface area contributed by atoms with Gasteiger partial charge in [-0.05, 0) is 12.1 Å². The molecule has 0 radical (unpaired) electrons. The molecule has 0 aliphatic carbocycles. The van der Waals surface area contributed by atoms with Crippen LogP contribution in [0.15, 0.2) is 22.7 Å². The summed E-state index contributed by atoms with van der Waals surface area (Å²) in [5, 5.41) is 13.5. The fourth-order valence-corrected chi connectivity index (χ4v) is 2.73. The van der Waals surface area contributed by atoms with Gasteiger partial charge in [0.25, 0.3) is 0 Å². The van der Waals surface area contributed by atoms with Gasteiger partial charge in [0.2, 0.25) is 0 Å². The first-order chi connectivity index (χ1) is 8.02. The molecule has 1 heterocycles. The molecule has 4 nitrogen and oxygen atoms in total. The largest absolute Gasteiger partial charge is 0.384 e. The first-order valence-corrected chi connectivity index (χ1v) is 5.98. The molecule has 2 aromatic rings. The van der Waals surface area contributed by atoms with Crippen LogP contribution < -0.4 is 5.73 Å². The molecule has 0 aliphatic rings. The molecule has 1 aromatic carbocycles. The zero-order chi connectivity index (χ0) is 12.6. The van der Waals surface area contributed by atoms with Gasteiger partial charge in [0.15, 0.2) is 5.69 Å². The van der Waals surface area contributed by atoms with Crippen molar-refractivity contribution < 1.29 is 0 Å². The quantitative estimate of drug-likeness (QED) is 0.870. The number of nitrogen functional groups attached to an aromatic ring is 1. The maximum atomic E-state index is 8.75. The lowest BCUT2D eigenvalue weighted by atomic mass is 10.3. The third kappa shape index (κ3) is 2.25. The molecule has 0 saturated heterocycles. The minimum atomic E-state index is 0.206. The standard InChI is InChI=1S/C10H5BrCl2N4/c11-5-1-7(12)10(8(13)2-5)17-9(15)3-6(4-14)16-17/h1-3H,15H2. The van der Waals surface area contributed by atoms with E-state index in [9.17, 15) is 0 Å². The number of nitrogens with two attached hydrogens (primary N) is 1. The molecular formula is C10H5BrCl2N4. The predicted molar refractivity (Wildman–Crippen MR) is 70.4 cm³/mol. The van der Waals surface area contributed by atoms with E-state index in [4.69, 9.17) is 34.2 Å². The van der Waals surface area contributed by atoms with Crippen molar-refractivity contribution in [3.8, 4) is 11.8 Å². The van der Waals surface area contributed by atoms with Crippen molar-refractivity contribution in [2.75, 3.05) is 5.73 Å². The van der Waals surface area contributed by atoms with Crippen LogP contribution >= 0.6 is 39.1 Å². The Labute approximate surface area is 116 Å². The Bertz CT molecular complexity index is 607. The van der Waals surface area contributed by atoms with Crippen LogP contribution in [-0.2, 0) is 0 Å². The van der Waals surface area contributed by atoms with Crippen LogP contribution in [0.1, 0.15) is 5.69 Å². The first kappa shape index (κ1) is 12.2. The number of aromatic nitrogens is 2. The summed E-state index contributed by atoms with van der Waals surface area (Å²) in [6.45, 7) is 0. The fraction of sp³-hybridized carbons (Fsp3) is 0. The monoisotopic (exact) mass is 330 g/mol. The predicted octanol–water partition coefficient (Wildman–Crippen LogP) is 3.40. The topological polar surface area (TPSA) is 67.6 Å². The van der Waals surface area contributed by atoms with Crippen LogP contribution in [0.5, 0.6) is 0 Å². The van der Waals surface area contributed by atoms with E-state index in [0.717, 1.165) is 4.47 Å². The number of rotatable bonds is 1. The van der Waals surface area contributed by atoms with E-state index in [2.05, 4.69) is 21.0 Å². The smallest absolute Gasteiger partial charge is 0.165 e. The van der Waals surface area contributed by atoms with Crippen LogP contribution in [0, 0.1) is 11.3 Å². The van der Waals surface area contributed by atoms with E-state index >= 15 is 0 Å². The maximum absolute atomic E-state index is 8.75. The van der Waals surface area contributed by atoms with Crippen LogP contribution in [0.3, 0.4) is 0 Å². The van der Waals surface area contributed by atoms with Crippen molar-refractivity contribution in [1.82, 2.24) is 9.78 Å². The maximum Gasteiger partial charge on any atom is 0.165 e. The summed E-state index contributed by atoms with van der Waals surface area (Å²) >= 11 is 15.4. The van der Waals surface area contributed by atoms with E-state index in [-0.39, 0.29) is 5.69 Å². The third-order valence-electron chi connectivity index (χ3n) is 2.04. The van der Waals surface area contributed by atoms with Gasteiger partial charge in [-0.15, -0.1) is 0 Å². The third-order valence-corrected chi connectivity index (χ3v) is 3.08. The SMILES string of the molecule is N#Cc1cc(N)n(-c2c(Cl)cc(Br)cc2Cl)n1. The summed E-state index contributed by atoms with van der Waals surface area (Å²) in [6.07, 6.45) is 0. The van der Waals surface area contributed by atoms with Crippen molar-refractivity contribution in [1.29, 1.82) is 5.26 Å². The lowest BCUT2D eigenvalue weighted by Crippen LogP contribution is -2.03. The van der Waals surface area contributed by atoms with E-state index in [0.29, 0.717) is 21.6 Å². The highest BCUT2D eigenvalue weighted by Gasteiger charge is 2.14.